The number of hydrogen-bond acceptors (Lipinski definition) is 5. The van der Waals surface area contributed by atoms with Gasteiger partial charge in [-0.1, -0.05) is 35.5 Å². The first kappa shape index (κ1) is 30.8. The highest BCUT2D eigenvalue weighted by atomic mass is 32.2. The molecule has 17 heteroatoms. The van der Waals surface area contributed by atoms with Crippen LogP contribution in [-0.4, -0.2) is 40.9 Å². The Balaban J connectivity index is 1.73. The Morgan fingerprint density at radius 1 is 0.738 bits per heavy atom. The molecule has 0 radical (unpaired) electrons. The Hall–Kier alpha value is -4.12. The van der Waals surface area contributed by atoms with Gasteiger partial charge in [0, 0.05) is 5.56 Å². The summed E-state index contributed by atoms with van der Waals surface area (Å²) in [7, 11) is -4.51. The number of aromatic nitrogens is 3. The van der Waals surface area contributed by atoms with Gasteiger partial charge in [-0.3, -0.25) is 4.31 Å². The molecule has 0 aliphatic rings. The van der Waals surface area contributed by atoms with Crippen LogP contribution in [0.25, 0.3) is 5.69 Å². The van der Waals surface area contributed by atoms with Crippen LogP contribution in [0.5, 0.6) is 0 Å². The van der Waals surface area contributed by atoms with Crippen molar-refractivity contribution in [3.8, 4) is 5.69 Å². The molecule has 0 fully saturated rings. The van der Waals surface area contributed by atoms with Gasteiger partial charge in [0.2, 0.25) is 0 Å². The second-order valence-corrected chi connectivity index (χ2v) is 10.6. The fourth-order valence-corrected chi connectivity index (χ4v) is 5.30. The van der Waals surface area contributed by atoms with Gasteiger partial charge in [0.05, 0.1) is 34.6 Å². The lowest BCUT2D eigenvalue weighted by molar-refractivity contribution is -0.376. The third-order valence-electron chi connectivity index (χ3n) is 6.03. The van der Waals surface area contributed by atoms with Crippen molar-refractivity contribution in [2.24, 2.45) is 0 Å². The second-order valence-electron chi connectivity index (χ2n) is 8.78. The van der Waals surface area contributed by atoms with E-state index in [9.17, 15) is 53.0 Å². The predicted octanol–water partition coefficient (Wildman–Crippen LogP) is 5.99. The van der Waals surface area contributed by atoms with Crippen LogP contribution >= 0.6 is 0 Å². The van der Waals surface area contributed by atoms with Gasteiger partial charge in [-0.25, -0.2) is 13.1 Å². The highest BCUT2D eigenvalue weighted by Gasteiger charge is 2.71. The molecule has 4 rings (SSSR count). The zero-order chi connectivity index (χ0) is 31.1. The lowest BCUT2D eigenvalue weighted by Gasteiger charge is -2.33. The van der Waals surface area contributed by atoms with Gasteiger partial charge in [0.15, 0.2) is 0 Å². The lowest BCUT2D eigenvalue weighted by atomic mass is 9.92. The molecule has 0 saturated carbocycles. The SMILES string of the molecule is O=S(=O)(c1ccccc1)N(Cc1cn(-c2ccc(C(F)(F)F)cc2)nn1)c1ccc(C(O)(C(F)(F)F)C(F)(F)F)cc1. The zero-order valence-electron chi connectivity index (χ0n) is 20.7. The average molecular weight is 624 g/mol. The van der Waals surface area contributed by atoms with Crippen molar-refractivity contribution in [2.75, 3.05) is 4.31 Å². The summed E-state index contributed by atoms with van der Waals surface area (Å²) >= 11 is 0. The highest BCUT2D eigenvalue weighted by Crippen LogP contribution is 2.50. The van der Waals surface area contributed by atoms with E-state index in [2.05, 4.69) is 10.3 Å². The molecule has 7 nitrogen and oxygen atoms in total. The van der Waals surface area contributed by atoms with E-state index in [0.29, 0.717) is 28.6 Å². The number of halogens is 9. The third kappa shape index (κ3) is 5.78. The summed E-state index contributed by atoms with van der Waals surface area (Å²) in [5.41, 5.74) is -8.11. The van der Waals surface area contributed by atoms with E-state index in [0.717, 1.165) is 28.9 Å². The molecule has 0 saturated heterocycles. The van der Waals surface area contributed by atoms with E-state index in [1.165, 1.54) is 36.5 Å². The topological polar surface area (TPSA) is 88.3 Å². The molecule has 0 aliphatic carbocycles. The van der Waals surface area contributed by atoms with E-state index >= 15 is 0 Å². The highest BCUT2D eigenvalue weighted by molar-refractivity contribution is 7.92. The van der Waals surface area contributed by atoms with Crippen LogP contribution in [0.15, 0.2) is 90.0 Å². The number of anilines is 1. The number of rotatable bonds is 7. The molecule has 3 aromatic carbocycles. The van der Waals surface area contributed by atoms with Crippen molar-refractivity contribution in [3.63, 3.8) is 0 Å². The summed E-state index contributed by atoms with van der Waals surface area (Å²) in [5.74, 6) is 0. The predicted molar refractivity (Wildman–Crippen MR) is 129 cm³/mol. The first-order valence-corrected chi connectivity index (χ1v) is 12.9. The minimum atomic E-state index is -6.15. The maximum atomic E-state index is 13.5. The van der Waals surface area contributed by atoms with Crippen molar-refractivity contribution >= 4 is 15.7 Å². The van der Waals surface area contributed by atoms with Crippen LogP contribution in [0, 0.1) is 0 Å². The Kier molecular flexibility index (Phi) is 7.79. The molecule has 1 N–H and O–H groups in total. The molecule has 0 spiro atoms. The first-order chi connectivity index (χ1) is 19.4. The van der Waals surface area contributed by atoms with Crippen molar-refractivity contribution in [1.82, 2.24) is 15.0 Å². The molecule has 0 bridgehead atoms. The summed E-state index contributed by atoms with van der Waals surface area (Å²) in [5, 5.41) is 17.2. The van der Waals surface area contributed by atoms with Gasteiger partial charge in [0.1, 0.15) is 5.69 Å². The summed E-state index contributed by atoms with van der Waals surface area (Å²) in [6, 6.07) is 12.3. The maximum Gasteiger partial charge on any atom is 0.430 e. The van der Waals surface area contributed by atoms with Gasteiger partial charge in [-0.15, -0.1) is 5.10 Å². The molecular formula is C25H17F9N4O3S. The Morgan fingerprint density at radius 3 is 1.76 bits per heavy atom. The number of benzene rings is 3. The van der Waals surface area contributed by atoms with Crippen molar-refractivity contribution < 1.29 is 53.0 Å². The fraction of sp³-hybridized carbons (Fsp3) is 0.200. The van der Waals surface area contributed by atoms with E-state index < -0.39 is 57.5 Å². The Labute approximate surface area is 231 Å². The molecule has 0 amide bonds. The monoisotopic (exact) mass is 624 g/mol. The van der Waals surface area contributed by atoms with Crippen LogP contribution in [0.3, 0.4) is 0 Å². The van der Waals surface area contributed by atoms with E-state index in [4.69, 9.17) is 0 Å². The maximum absolute atomic E-state index is 13.5. The van der Waals surface area contributed by atoms with Gasteiger partial charge in [-0.05, 0) is 48.5 Å². The van der Waals surface area contributed by atoms with Crippen LogP contribution in [0.4, 0.5) is 45.2 Å². The molecule has 224 valence electrons. The minimum absolute atomic E-state index is 0.0828. The van der Waals surface area contributed by atoms with Crippen molar-refractivity contribution in [2.45, 2.75) is 35.6 Å². The Morgan fingerprint density at radius 2 is 1.26 bits per heavy atom. The normalized spacial score (nSPS) is 13.3. The molecule has 42 heavy (non-hydrogen) atoms. The van der Waals surface area contributed by atoms with E-state index in [1.54, 1.807) is 0 Å². The molecule has 0 unspecified atom stereocenters. The second kappa shape index (κ2) is 10.6. The summed E-state index contributed by atoms with van der Waals surface area (Å²) in [6.07, 6.45) is -15.7. The molecule has 1 heterocycles. The minimum Gasteiger partial charge on any atom is -0.369 e. The quantitative estimate of drug-likeness (QED) is 0.255. The van der Waals surface area contributed by atoms with Crippen LogP contribution in [-0.2, 0) is 28.3 Å². The first-order valence-electron chi connectivity index (χ1n) is 11.5. The average Bonchev–Trinajstić information content (AvgIpc) is 3.39. The zero-order valence-corrected chi connectivity index (χ0v) is 21.5. The van der Waals surface area contributed by atoms with E-state index in [-0.39, 0.29) is 16.3 Å². The number of alkyl halides is 9. The van der Waals surface area contributed by atoms with Crippen LogP contribution in [0.1, 0.15) is 16.8 Å². The number of nitrogens with zero attached hydrogens (tertiary/aromatic N) is 4. The van der Waals surface area contributed by atoms with Gasteiger partial charge < -0.3 is 5.11 Å². The van der Waals surface area contributed by atoms with E-state index in [1.807, 2.05) is 0 Å². The van der Waals surface area contributed by atoms with Crippen LogP contribution < -0.4 is 4.31 Å². The number of hydrogen-bond donors (Lipinski definition) is 1. The van der Waals surface area contributed by atoms with Gasteiger partial charge >= 0.3 is 18.5 Å². The van der Waals surface area contributed by atoms with Gasteiger partial charge in [-0.2, -0.15) is 39.5 Å². The fourth-order valence-electron chi connectivity index (χ4n) is 3.84. The largest absolute Gasteiger partial charge is 0.430 e. The molecule has 0 atom stereocenters. The molecule has 1 aromatic heterocycles. The van der Waals surface area contributed by atoms with Crippen LogP contribution in [0.2, 0.25) is 0 Å². The smallest absolute Gasteiger partial charge is 0.369 e. The molecule has 0 aliphatic heterocycles. The molecular weight excluding hydrogens is 607 g/mol. The lowest BCUT2D eigenvalue weighted by Crippen LogP contribution is -2.53. The standard InChI is InChI=1S/C25H17F9N4O3S/c26-23(27,28)17-8-10-19(11-9-17)37-14-18(35-36-37)15-38(42(40,41)21-4-2-1-3-5-21)20-12-6-16(7-13-20)22(39,24(29,30)31)25(32,33)34/h1-14,39H,15H2. The number of aliphatic hydroxyl groups is 1. The van der Waals surface area contributed by atoms with Gasteiger partial charge in [0.25, 0.3) is 15.6 Å². The Bertz CT molecular complexity index is 1620. The number of sulfonamides is 1. The summed E-state index contributed by atoms with van der Waals surface area (Å²) < 4.78 is 147. The van der Waals surface area contributed by atoms with Crippen molar-refractivity contribution in [3.05, 3.63) is 102 Å². The summed E-state index contributed by atoms with van der Waals surface area (Å²) in [4.78, 5) is -0.286. The third-order valence-corrected chi connectivity index (χ3v) is 7.82. The van der Waals surface area contributed by atoms with Crippen molar-refractivity contribution in [1.29, 1.82) is 0 Å². The molecule has 4 aromatic rings. The summed E-state index contributed by atoms with van der Waals surface area (Å²) in [6.45, 7) is -0.639.